The van der Waals surface area contributed by atoms with Gasteiger partial charge in [0.2, 0.25) is 5.91 Å². The number of halogens is 3. The summed E-state index contributed by atoms with van der Waals surface area (Å²) in [5.41, 5.74) is 2.50. The van der Waals surface area contributed by atoms with E-state index in [1.807, 2.05) is 12.1 Å². The van der Waals surface area contributed by atoms with Crippen LogP contribution >= 0.6 is 23.2 Å². The Morgan fingerprint density at radius 2 is 1.91 bits per heavy atom. The number of fused-ring (bicyclic) bond motifs is 7. The third-order valence-electron chi connectivity index (χ3n) is 10.5. The molecule has 1 saturated heterocycles. The van der Waals surface area contributed by atoms with Crippen LogP contribution in [0.15, 0.2) is 54.6 Å². The average Bonchev–Trinajstić information content (AvgIpc) is 3.61. The van der Waals surface area contributed by atoms with Gasteiger partial charge in [0.25, 0.3) is 0 Å². The number of Topliss-reactive ketones (excluding diaryl/α,β-unsaturated/α-hetero) is 1. The second kappa shape index (κ2) is 11.1. The zero-order valence-electron chi connectivity index (χ0n) is 25.7. The first-order valence-corrected chi connectivity index (χ1v) is 18.8. The molecule has 1 aliphatic carbocycles. The first-order chi connectivity index (χ1) is 22.5. The Labute approximate surface area is 282 Å². The molecule has 3 aromatic carbocycles. The highest BCUT2D eigenvalue weighted by Crippen LogP contribution is 2.64. The monoisotopic (exact) mass is 694 g/mol. The first-order valence-electron chi connectivity index (χ1n) is 16.0. The molecule has 3 aliphatic heterocycles. The summed E-state index contributed by atoms with van der Waals surface area (Å²) in [4.78, 5) is 35.1. The van der Waals surface area contributed by atoms with Gasteiger partial charge in [-0.2, -0.15) is 0 Å². The fourth-order valence-electron chi connectivity index (χ4n) is 8.41. The predicted octanol–water partition coefficient (Wildman–Crippen LogP) is 6.70. The molecule has 1 saturated carbocycles. The van der Waals surface area contributed by atoms with E-state index in [-0.39, 0.29) is 47.3 Å². The van der Waals surface area contributed by atoms with Crippen molar-refractivity contribution in [3.8, 4) is 0 Å². The zero-order chi connectivity index (χ0) is 32.8. The number of imidazole rings is 1. The molecule has 1 N–H and O–H groups in total. The van der Waals surface area contributed by atoms with Crippen molar-refractivity contribution in [1.82, 2.24) is 14.5 Å². The van der Waals surface area contributed by atoms with Gasteiger partial charge in [0, 0.05) is 65.5 Å². The van der Waals surface area contributed by atoms with E-state index in [1.54, 1.807) is 36.4 Å². The number of carbonyl (C=O) groups excluding carboxylic acids is 2. The minimum atomic E-state index is -3.17. The number of benzene rings is 3. The number of hydrogen-bond acceptors (Lipinski definition) is 6. The molecule has 4 aliphatic rings. The lowest BCUT2D eigenvalue weighted by molar-refractivity contribution is -0.128. The zero-order valence-corrected chi connectivity index (χ0v) is 28.0. The highest BCUT2D eigenvalue weighted by Gasteiger charge is 2.69. The number of rotatable bonds is 8. The van der Waals surface area contributed by atoms with Gasteiger partial charge < -0.3 is 9.88 Å². The maximum Gasteiger partial charge on any atom is 0.250 e. The molecule has 0 bridgehead atoms. The van der Waals surface area contributed by atoms with Crippen LogP contribution in [-0.2, 0) is 26.7 Å². The SMILES string of the molecule is CS(=O)(=O)CCCC(=O)c1ccc2c(c1)nc1n2CC[C@H]2[C@@H]1[C@H](c1cccc(Cl)c1F)[C@]1(C(=O)Nc3cc(Cl)ccc31)N2CC1CC1. The number of amides is 1. The van der Waals surface area contributed by atoms with Crippen LogP contribution in [0.3, 0.4) is 0 Å². The van der Waals surface area contributed by atoms with Gasteiger partial charge in [-0.1, -0.05) is 41.4 Å². The van der Waals surface area contributed by atoms with Gasteiger partial charge in [0.1, 0.15) is 27.0 Å². The molecule has 4 aromatic rings. The Morgan fingerprint density at radius 1 is 1.11 bits per heavy atom. The normalized spacial score (nSPS) is 25.2. The number of nitrogens with one attached hydrogen (secondary N) is 1. The van der Waals surface area contributed by atoms with Gasteiger partial charge in [-0.05, 0) is 73.6 Å². The van der Waals surface area contributed by atoms with Crippen LogP contribution in [-0.4, -0.2) is 59.2 Å². The van der Waals surface area contributed by atoms with Crippen LogP contribution in [0.1, 0.15) is 71.2 Å². The van der Waals surface area contributed by atoms with Crippen molar-refractivity contribution in [1.29, 1.82) is 0 Å². The topological polar surface area (TPSA) is 101 Å². The van der Waals surface area contributed by atoms with Crippen molar-refractivity contribution in [3.63, 3.8) is 0 Å². The van der Waals surface area contributed by atoms with Gasteiger partial charge >= 0.3 is 0 Å². The molecule has 0 radical (unpaired) electrons. The molecule has 244 valence electrons. The van der Waals surface area contributed by atoms with E-state index in [0.717, 1.165) is 42.4 Å². The van der Waals surface area contributed by atoms with E-state index in [0.29, 0.717) is 46.4 Å². The number of nitrogens with zero attached hydrogens (tertiary/aromatic N) is 3. The smallest absolute Gasteiger partial charge is 0.250 e. The molecule has 1 amide bonds. The van der Waals surface area contributed by atoms with E-state index in [9.17, 15) is 18.0 Å². The average molecular weight is 696 g/mol. The fourth-order valence-corrected chi connectivity index (χ4v) is 9.43. The molecule has 12 heteroatoms. The summed E-state index contributed by atoms with van der Waals surface area (Å²) in [5.74, 6) is -0.801. The van der Waals surface area contributed by atoms with Crippen molar-refractivity contribution >= 4 is 61.5 Å². The fraction of sp³-hybridized carbons (Fsp3) is 0.400. The Hall–Kier alpha value is -3.31. The number of ketones is 1. The lowest BCUT2D eigenvalue weighted by Crippen LogP contribution is -2.53. The van der Waals surface area contributed by atoms with Crippen LogP contribution in [0.5, 0.6) is 0 Å². The second-order valence-electron chi connectivity index (χ2n) is 13.5. The largest absolute Gasteiger partial charge is 0.328 e. The highest BCUT2D eigenvalue weighted by atomic mass is 35.5. The van der Waals surface area contributed by atoms with Gasteiger partial charge in [-0.25, -0.2) is 17.8 Å². The van der Waals surface area contributed by atoms with E-state index in [2.05, 4.69) is 14.8 Å². The van der Waals surface area contributed by atoms with Crippen molar-refractivity contribution in [3.05, 3.63) is 93.0 Å². The number of aromatic nitrogens is 2. The minimum absolute atomic E-state index is 0.00656. The van der Waals surface area contributed by atoms with Crippen LogP contribution in [0.2, 0.25) is 10.0 Å². The van der Waals surface area contributed by atoms with Gasteiger partial charge in [0.05, 0.1) is 21.8 Å². The van der Waals surface area contributed by atoms with Gasteiger partial charge in [-0.15, -0.1) is 0 Å². The predicted molar refractivity (Wildman–Crippen MR) is 179 cm³/mol. The highest BCUT2D eigenvalue weighted by molar-refractivity contribution is 7.90. The van der Waals surface area contributed by atoms with E-state index >= 15 is 4.39 Å². The van der Waals surface area contributed by atoms with Crippen molar-refractivity contribution < 1.29 is 22.4 Å². The Balaban J connectivity index is 1.30. The maximum atomic E-state index is 16.3. The van der Waals surface area contributed by atoms with Crippen LogP contribution < -0.4 is 5.32 Å². The molecule has 4 atom stereocenters. The maximum absolute atomic E-state index is 16.3. The lowest BCUT2D eigenvalue weighted by atomic mass is 9.70. The van der Waals surface area contributed by atoms with Crippen LogP contribution in [0, 0.1) is 11.7 Å². The number of hydrogen-bond donors (Lipinski definition) is 1. The second-order valence-corrected chi connectivity index (χ2v) is 16.6. The van der Waals surface area contributed by atoms with E-state index in [4.69, 9.17) is 28.2 Å². The molecule has 8 nitrogen and oxygen atoms in total. The quantitative estimate of drug-likeness (QED) is 0.206. The van der Waals surface area contributed by atoms with E-state index < -0.39 is 27.1 Å². The van der Waals surface area contributed by atoms with E-state index in [1.165, 1.54) is 6.07 Å². The summed E-state index contributed by atoms with van der Waals surface area (Å²) in [5, 5.41) is 3.60. The van der Waals surface area contributed by atoms with Crippen LogP contribution in [0.25, 0.3) is 11.0 Å². The minimum Gasteiger partial charge on any atom is -0.328 e. The summed E-state index contributed by atoms with van der Waals surface area (Å²) < 4.78 is 41.6. The molecule has 47 heavy (non-hydrogen) atoms. The summed E-state index contributed by atoms with van der Waals surface area (Å²) in [6.07, 6.45) is 4.41. The molecular formula is C35H33Cl2FN4O4S. The number of aryl methyl sites for hydroxylation is 1. The van der Waals surface area contributed by atoms with Crippen molar-refractivity contribution in [2.24, 2.45) is 5.92 Å². The number of likely N-dealkylation sites (tertiary alicyclic amines) is 1. The van der Waals surface area contributed by atoms with Crippen LogP contribution in [0.4, 0.5) is 10.1 Å². The third kappa shape index (κ3) is 4.93. The van der Waals surface area contributed by atoms with Gasteiger partial charge in [0.15, 0.2) is 5.78 Å². The summed E-state index contributed by atoms with van der Waals surface area (Å²) in [7, 11) is -3.17. The molecule has 1 aromatic heterocycles. The number of anilines is 1. The molecule has 1 spiro atoms. The Bertz CT molecular complexity index is 2100. The number of carbonyl (C=O) groups is 2. The first kappa shape index (κ1) is 31.0. The molecule has 0 unspecified atom stereocenters. The van der Waals surface area contributed by atoms with Crippen molar-refractivity contribution in [2.45, 2.75) is 62.1 Å². The Kier molecular flexibility index (Phi) is 7.33. The third-order valence-corrected chi connectivity index (χ3v) is 12.1. The summed E-state index contributed by atoms with van der Waals surface area (Å²) in [6, 6.07) is 15.7. The van der Waals surface area contributed by atoms with Gasteiger partial charge in [-0.3, -0.25) is 14.5 Å². The molecule has 4 heterocycles. The number of sulfone groups is 1. The summed E-state index contributed by atoms with van der Waals surface area (Å²) in [6.45, 7) is 1.34. The lowest BCUT2D eigenvalue weighted by Gasteiger charge is -2.40. The standard InChI is InChI=1S/C35H33Cl2FN4O4S/c1-47(45,46)15-3-6-29(43)20-9-12-27-26(16-20)39-33-30-28(13-14-41(27)33)42(18-19-7-8-19)35(31(30)22-4-2-5-24(37)32(22)38)23-11-10-21(36)17-25(23)40-34(35)44/h2,4-5,9-12,16-17,19,28,30-31H,3,6-8,13-15,18H2,1H3,(H,40,44)/t28-,30+,31-,35+/m0/s1. The van der Waals surface area contributed by atoms with Crippen molar-refractivity contribution in [2.75, 3.05) is 23.9 Å². The summed E-state index contributed by atoms with van der Waals surface area (Å²) >= 11 is 12.8. The Morgan fingerprint density at radius 3 is 2.68 bits per heavy atom. The molecular weight excluding hydrogens is 662 g/mol. The molecule has 8 rings (SSSR count). The molecule has 2 fully saturated rings.